The summed E-state index contributed by atoms with van der Waals surface area (Å²) in [7, 11) is 0. The van der Waals surface area contributed by atoms with Crippen LogP contribution in [0, 0.1) is 13.8 Å². The number of aryl methyl sites for hydroxylation is 2. The Kier molecular flexibility index (Phi) is 6.31. The van der Waals surface area contributed by atoms with Crippen LogP contribution in [0.1, 0.15) is 38.8 Å². The van der Waals surface area contributed by atoms with E-state index in [1.54, 1.807) is 25.1 Å². The molecule has 0 atom stereocenters. The molecule has 1 amide bonds. The molecule has 0 saturated heterocycles. The molecule has 1 aromatic heterocycles. The van der Waals surface area contributed by atoms with Gasteiger partial charge in [-0.15, -0.1) is 11.3 Å². The van der Waals surface area contributed by atoms with Crippen LogP contribution in [0.4, 0.5) is 5.00 Å². The Morgan fingerprint density at radius 1 is 1.11 bits per heavy atom. The highest BCUT2D eigenvalue weighted by atomic mass is 79.9. The van der Waals surface area contributed by atoms with Crippen molar-refractivity contribution in [2.24, 2.45) is 0 Å². The third kappa shape index (κ3) is 4.34. The Labute approximate surface area is 176 Å². The Hall–Kier alpha value is -2.44. The molecule has 0 spiro atoms. The molecule has 6 heteroatoms. The van der Waals surface area contributed by atoms with Crippen molar-refractivity contribution in [3.63, 3.8) is 0 Å². The molecule has 4 nitrogen and oxygen atoms in total. The van der Waals surface area contributed by atoms with Crippen LogP contribution < -0.4 is 5.32 Å². The fourth-order valence-corrected chi connectivity index (χ4v) is 4.32. The van der Waals surface area contributed by atoms with Crippen LogP contribution in [0.5, 0.6) is 0 Å². The molecule has 1 N–H and O–H groups in total. The number of nitrogens with one attached hydrogen (secondary N) is 1. The van der Waals surface area contributed by atoms with E-state index in [1.807, 2.05) is 37.4 Å². The number of rotatable bonds is 5. The fraction of sp³-hybridized carbons (Fsp3) is 0.182. The van der Waals surface area contributed by atoms with E-state index in [0.717, 1.165) is 26.7 Å². The average Bonchev–Trinajstić information content (AvgIpc) is 3.05. The standard InChI is InChI=1S/C22H20BrNO3S/c1-4-27-22(26)19-18(17-9-8-13(2)10-14(17)3)12-28-21(19)24-20(25)15-6-5-7-16(23)11-15/h5-12H,4H2,1-3H3,(H,24,25). The predicted octanol–water partition coefficient (Wildman–Crippen LogP) is 6.22. The van der Waals surface area contributed by atoms with Gasteiger partial charge in [0.25, 0.3) is 5.91 Å². The van der Waals surface area contributed by atoms with Crippen LogP contribution in [0.2, 0.25) is 0 Å². The number of esters is 1. The van der Waals surface area contributed by atoms with Gasteiger partial charge in [0.15, 0.2) is 0 Å². The van der Waals surface area contributed by atoms with Crippen molar-refractivity contribution >= 4 is 44.1 Å². The number of hydrogen-bond donors (Lipinski definition) is 1. The van der Waals surface area contributed by atoms with Crippen LogP contribution in [0.15, 0.2) is 52.3 Å². The van der Waals surface area contributed by atoms with Crippen LogP contribution in [0.25, 0.3) is 11.1 Å². The molecule has 144 valence electrons. The van der Waals surface area contributed by atoms with Crippen molar-refractivity contribution in [1.29, 1.82) is 0 Å². The number of ether oxygens (including phenoxy) is 1. The van der Waals surface area contributed by atoms with Gasteiger partial charge in [0.05, 0.1) is 6.61 Å². The lowest BCUT2D eigenvalue weighted by Crippen LogP contribution is -2.14. The molecule has 0 aliphatic heterocycles. The van der Waals surface area contributed by atoms with Crippen LogP contribution >= 0.6 is 27.3 Å². The molecule has 3 aromatic rings. The Bertz CT molecular complexity index is 1040. The lowest BCUT2D eigenvalue weighted by Gasteiger charge is -2.11. The Balaban J connectivity index is 2.03. The summed E-state index contributed by atoms with van der Waals surface area (Å²) in [6.07, 6.45) is 0. The number of thiophene rings is 1. The highest BCUT2D eigenvalue weighted by molar-refractivity contribution is 9.10. The van der Waals surface area contributed by atoms with Gasteiger partial charge in [-0.3, -0.25) is 4.79 Å². The molecule has 0 radical (unpaired) electrons. The molecule has 28 heavy (non-hydrogen) atoms. The van der Waals surface area contributed by atoms with Crippen LogP contribution in [-0.4, -0.2) is 18.5 Å². The maximum atomic E-state index is 12.7. The second-order valence-electron chi connectivity index (χ2n) is 6.36. The molecule has 0 aliphatic rings. The highest BCUT2D eigenvalue weighted by Gasteiger charge is 2.24. The molecular weight excluding hydrogens is 438 g/mol. The third-order valence-corrected chi connectivity index (χ3v) is 5.65. The maximum Gasteiger partial charge on any atom is 0.341 e. The van der Waals surface area contributed by atoms with Crippen molar-refractivity contribution in [1.82, 2.24) is 0 Å². The largest absolute Gasteiger partial charge is 0.462 e. The molecule has 0 fully saturated rings. The lowest BCUT2D eigenvalue weighted by molar-refractivity contribution is 0.0529. The van der Waals surface area contributed by atoms with E-state index < -0.39 is 5.97 Å². The van der Waals surface area contributed by atoms with Crippen molar-refractivity contribution in [2.75, 3.05) is 11.9 Å². The molecular formula is C22H20BrNO3S. The predicted molar refractivity (Wildman–Crippen MR) is 117 cm³/mol. The molecule has 0 unspecified atom stereocenters. The topological polar surface area (TPSA) is 55.4 Å². The minimum atomic E-state index is -0.441. The monoisotopic (exact) mass is 457 g/mol. The van der Waals surface area contributed by atoms with E-state index in [2.05, 4.69) is 27.3 Å². The maximum absolute atomic E-state index is 12.7. The van der Waals surface area contributed by atoms with Crippen molar-refractivity contribution in [2.45, 2.75) is 20.8 Å². The quantitative estimate of drug-likeness (QED) is 0.462. The van der Waals surface area contributed by atoms with E-state index in [4.69, 9.17) is 4.74 Å². The normalized spacial score (nSPS) is 10.6. The number of hydrogen-bond acceptors (Lipinski definition) is 4. The third-order valence-electron chi connectivity index (χ3n) is 4.26. The second kappa shape index (κ2) is 8.71. The first-order chi connectivity index (χ1) is 13.4. The van der Waals surface area contributed by atoms with E-state index in [1.165, 1.54) is 11.3 Å². The van der Waals surface area contributed by atoms with Gasteiger partial charge in [-0.05, 0) is 50.1 Å². The summed E-state index contributed by atoms with van der Waals surface area (Å²) >= 11 is 4.69. The van der Waals surface area contributed by atoms with Crippen LogP contribution in [0.3, 0.4) is 0 Å². The number of benzene rings is 2. The minimum absolute atomic E-state index is 0.264. The summed E-state index contributed by atoms with van der Waals surface area (Å²) in [4.78, 5) is 25.4. The first kappa shape index (κ1) is 20.3. The van der Waals surface area contributed by atoms with E-state index in [0.29, 0.717) is 16.1 Å². The van der Waals surface area contributed by atoms with Crippen molar-refractivity contribution < 1.29 is 14.3 Å². The van der Waals surface area contributed by atoms with Gasteiger partial charge in [-0.1, -0.05) is 45.8 Å². The van der Waals surface area contributed by atoms with Crippen molar-refractivity contribution in [3.05, 3.63) is 74.6 Å². The lowest BCUT2D eigenvalue weighted by atomic mass is 9.97. The summed E-state index contributed by atoms with van der Waals surface area (Å²) in [6, 6.07) is 13.2. The van der Waals surface area contributed by atoms with Gasteiger partial charge in [-0.2, -0.15) is 0 Å². The van der Waals surface area contributed by atoms with Gasteiger partial charge < -0.3 is 10.1 Å². The average molecular weight is 458 g/mol. The first-order valence-corrected chi connectivity index (χ1v) is 10.5. The Morgan fingerprint density at radius 3 is 2.57 bits per heavy atom. The molecule has 1 heterocycles. The number of carbonyl (C=O) groups excluding carboxylic acids is 2. The number of carbonyl (C=O) groups is 2. The Morgan fingerprint density at radius 2 is 1.89 bits per heavy atom. The summed E-state index contributed by atoms with van der Waals surface area (Å²) in [6.45, 7) is 6.07. The smallest absolute Gasteiger partial charge is 0.341 e. The van der Waals surface area contributed by atoms with Gasteiger partial charge in [0.1, 0.15) is 10.6 Å². The zero-order valence-corrected chi connectivity index (χ0v) is 18.2. The summed E-state index contributed by atoms with van der Waals surface area (Å²) in [5, 5.41) is 5.25. The van der Waals surface area contributed by atoms with E-state index in [-0.39, 0.29) is 12.5 Å². The van der Waals surface area contributed by atoms with Crippen molar-refractivity contribution in [3.8, 4) is 11.1 Å². The molecule has 0 bridgehead atoms. The van der Waals surface area contributed by atoms with Gasteiger partial charge >= 0.3 is 5.97 Å². The molecule has 0 aliphatic carbocycles. The molecule has 0 saturated carbocycles. The zero-order valence-electron chi connectivity index (χ0n) is 15.8. The minimum Gasteiger partial charge on any atom is -0.462 e. The summed E-state index contributed by atoms with van der Waals surface area (Å²) in [5.74, 6) is -0.718. The zero-order chi connectivity index (χ0) is 20.3. The van der Waals surface area contributed by atoms with E-state index >= 15 is 0 Å². The molecule has 2 aromatic carbocycles. The van der Waals surface area contributed by atoms with Gasteiger partial charge in [0, 0.05) is 21.0 Å². The summed E-state index contributed by atoms with van der Waals surface area (Å²) < 4.78 is 6.08. The molecule has 3 rings (SSSR count). The second-order valence-corrected chi connectivity index (χ2v) is 8.15. The van der Waals surface area contributed by atoms with Gasteiger partial charge in [0.2, 0.25) is 0 Å². The van der Waals surface area contributed by atoms with Gasteiger partial charge in [-0.25, -0.2) is 4.79 Å². The van der Waals surface area contributed by atoms with E-state index in [9.17, 15) is 9.59 Å². The summed E-state index contributed by atoms with van der Waals surface area (Å²) in [5.41, 5.74) is 4.83. The number of halogens is 1. The first-order valence-electron chi connectivity index (χ1n) is 8.84. The number of amides is 1. The highest BCUT2D eigenvalue weighted by Crippen LogP contribution is 2.38. The SMILES string of the molecule is CCOC(=O)c1c(-c2ccc(C)cc2C)csc1NC(=O)c1cccc(Br)c1. The van der Waals surface area contributed by atoms with Crippen LogP contribution in [-0.2, 0) is 4.74 Å². The fourth-order valence-electron chi connectivity index (χ4n) is 2.97. The number of anilines is 1.